The SMILES string of the molecule is CCCc1nn(-c2cccc(OC)c2)c2ncnc(N/N=C/c3ccc(F)cc3)c12. The summed E-state index contributed by atoms with van der Waals surface area (Å²) < 4.78 is 20.2. The second kappa shape index (κ2) is 8.69. The van der Waals surface area contributed by atoms with Gasteiger partial charge in [-0.15, -0.1) is 0 Å². The fourth-order valence-corrected chi connectivity index (χ4v) is 3.16. The Morgan fingerprint density at radius 3 is 2.77 bits per heavy atom. The summed E-state index contributed by atoms with van der Waals surface area (Å²) in [7, 11) is 1.63. The Kier molecular flexibility index (Phi) is 5.65. The van der Waals surface area contributed by atoms with Crippen LogP contribution in [0.5, 0.6) is 5.75 Å². The van der Waals surface area contributed by atoms with E-state index in [0.717, 1.165) is 40.9 Å². The van der Waals surface area contributed by atoms with E-state index in [-0.39, 0.29) is 5.82 Å². The second-order valence-electron chi connectivity index (χ2n) is 6.65. The predicted molar refractivity (Wildman–Crippen MR) is 115 cm³/mol. The number of fused-ring (bicyclic) bond motifs is 1. The molecule has 7 nitrogen and oxygen atoms in total. The summed E-state index contributed by atoms with van der Waals surface area (Å²) in [6.07, 6.45) is 4.79. The van der Waals surface area contributed by atoms with E-state index in [9.17, 15) is 4.39 Å². The molecule has 0 aliphatic carbocycles. The van der Waals surface area contributed by atoms with Crippen LogP contribution in [0.15, 0.2) is 60.0 Å². The maximum absolute atomic E-state index is 13.1. The second-order valence-corrected chi connectivity index (χ2v) is 6.65. The van der Waals surface area contributed by atoms with Crippen LogP contribution in [0.25, 0.3) is 16.7 Å². The number of hydrogen-bond acceptors (Lipinski definition) is 6. The standard InChI is InChI=1S/C22H21FN6O/c1-3-5-19-20-21(27-26-13-15-8-10-16(23)11-9-15)24-14-25-22(20)29(28-19)17-6-4-7-18(12-17)30-2/h4,6-14H,3,5H2,1-2H3,(H,24,25,27)/b26-13+. The number of methoxy groups -OCH3 is 1. The van der Waals surface area contributed by atoms with Gasteiger partial charge in [0.1, 0.15) is 17.9 Å². The Morgan fingerprint density at radius 1 is 1.17 bits per heavy atom. The molecule has 4 rings (SSSR count). The summed E-state index contributed by atoms with van der Waals surface area (Å²) in [5.74, 6) is 1.02. The van der Waals surface area contributed by atoms with Crippen LogP contribution in [0, 0.1) is 5.82 Å². The van der Waals surface area contributed by atoms with Crippen LogP contribution in [-0.4, -0.2) is 33.1 Å². The van der Waals surface area contributed by atoms with E-state index in [1.807, 2.05) is 24.3 Å². The zero-order valence-electron chi connectivity index (χ0n) is 16.7. The average molecular weight is 404 g/mol. The molecule has 0 atom stereocenters. The molecule has 0 amide bonds. The molecule has 0 fully saturated rings. The lowest BCUT2D eigenvalue weighted by Crippen LogP contribution is -2.00. The molecule has 0 spiro atoms. The quantitative estimate of drug-likeness (QED) is 0.366. The first-order valence-electron chi connectivity index (χ1n) is 9.61. The number of rotatable bonds is 7. The lowest BCUT2D eigenvalue weighted by molar-refractivity contribution is 0.414. The van der Waals surface area contributed by atoms with Crippen LogP contribution in [-0.2, 0) is 6.42 Å². The third-order valence-corrected chi connectivity index (χ3v) is 4.58. The van der Waals surface area contributed by atoms with Gasteiger partial charge in [-0.2, -0.15) is 10.2 Å². The Morgan fingerprint density at radius 2 is 2.00 bits per heavy atom. The predicted octanol–water partition coefficient (Wildman–Crippen LogP) is 4.36. The molecule has 0 aliphatic heterocycles. The molecule has 0 aliphatic rings. The van der Waals surface area contributed by atoms with E-state index in [1.54, 1.807) is 30.1 Å². The first kappa shape index (κ1) is 19.5. The minimum absolute atomic E-state index is 0.285. The fraction of sp³-hybridized carbons (Fsp3) is 0.182. The van der Waals surface area contributed by atoms with Crippen LogP contribution < -0.4 is 10.2 Å². The smallest absolute Gasteiger partial charge is 0.168 e. The average Bonchev–Trinajstić information content (AvgIpc) is 3.15. The zero-order valence-corrected chi connectivity index (χ0v) is 16.7. The van der Waals surface area contributed by atoms with Crippen LogP contribution >= 0.6 is 0 Å². The van der Waals surface area contributed by atoms with E-state index in [2.05, 4.69) is 27.4 Å². The summed E-state index contributed by atoms with van der Waals surface area (Å²) >= 11 is 0. The highest BCUT2D eigenvalue weighted by atomic mass is 19.1. The topological polar surface area (TPSA) is 77.2 Å². The zero-order chi connectivity index (χ0) is 20.9. The van der Waals surface area contributed by atoms with Crippen LogP contribution in [0.3, 0.4) is 0 Å². The molecule has 2 heterocycles. The lowest BCUT2D eigenvalue weighted by Gasteiger charge is -2.06. The number of aromatic nitrogens is 4. The van der Waals surface area contributed by atoms with Gasteiger partial charge in [0.25, 0.3) is 0 Å². The first-order chi connectivity index (χ1) is 14.7. The summed E-state index contributed by atoms with van der Waals surface area (Å²) in [5.41, 5.74) is 6.17. The highest BCUT2D eigenvalue weighted by Gasteiger charge is 2.17. The summed E-state index contributed by atoms with van der Waals surface area (Å²) in [4.78, 5) is 8.83. The van der Waals surface area contributed by atoms with Gasteiger partial charge in [0.2, 0.25) is 0 Å². The number of aryl methyl sites for hydroxylation is 1. The van der Waals surface area contributed by atoms with Crippen molar-refractivity contribution in [2.24, 2.45) is 5.10 Å². The molecule has 1 N–H and O–H groups in total. The third kappa shape index (κ3) is 3.98. The van der Waals surface area contributed by atoms with E-state index >= 15 is 0 Å². The maximum Gasteiger partial charge on any atom is 0.168 e. The Bertz CT molecular complexity index is 1190. The molecule has 0 saturated carbocycles. The van der Waals surface area contributed by atoms with Crippen LogP contribution in [0.4, 0.5) is 10.2 Å². The van der Waals surface area contributed by atoms with Gasteiger partial charge in [-0.3, -0.25) is 5.43 Å². The molecular weight excluding hydrogens is 383 g/mol. The molecule has 0 bridgehead atoms. The van der Waals surface area contributed by atoms with Gasteiger partial charge < -0.3 is 4.74 Å². The number of ether oxygens (including phenoxy) is 1. The summed E-state index contributed by atoms with van der Waals surface area (Å²) in [6.45, 7) is 2.10. The largest absolute Gasteiger partial charge is 0.497 e. The van der Waals surface area contributed by atoms with Crippen molar-refractivity contribution in [3.63, 3.8) is 0 Å². The van der Waals surface area contributed by atoms with Crippen molar-refractivity contribution < 1.29 is 9.13 Å². The van der Waals surface area contributed by atoms with E-state index in [0.29, 0.717) is 11.5 Å². The fourth-order valence-electron chi connectivity index (χ4n) is 3.16. The number of hydrazone groups is 1. The molecule has 30 heavy (non-hydrogen) atoms. The first-order valence-corrected chi connectivity index (χ1v) is 9.61. The van der Waals surface area contributed by atoms with Gasteiger partial charge >= 0.3 is 0 Å². The van der Waals surface area contributed by atoms with Gasteiger partial charge in [-0.25, -0.2) is 19.0 Å². The maximum atomic E-state index is 13.1. The molecule has 0 unspecified atom stereocenters. The van der Waals surface area contributed by atoms with Crippen LogP contribution in [0.1, 0.15) is 24.6 Å². The number of nitrogens with zero attached hydrogens (tertiary/aromatic N) is 5. The molecular formula is C22H21FN6O. The van der Waals surface area contributed by atoms with Gasteiger partial charge in [0.05, 0.1) is 30.1 Å². The minimum Gasteiger partial charge on any atom is -0.497 e. The van der Waals surface area contributed by atoms with E-state index < -0.39 is 0 Å². The van der Waals surface area contributed by atoms with E-state index in [4.69, 9.17) is 9.84 Å². The van der Waals surface area contributed by atoms with Crippen LogP contribution in [0.2, 0.25) is 0 Å². The summed E-state index contributed by atoms with van der Waals surface area (Å²) in [6, 6.07) is 13.7. The Hall–Kier alpha value is -3.81. The van der Waals surface area contributed by atoms with Crippen molar-refractivity contribution in [1.29, 1.82) is 0 Å². The number of anilines is 1. The molecule has 2 aromatic heterocycles. The molecule has 8 heteroatoms. The number of benzene rings is 2. The van der Waals surface area contributed by atoms with Gasteiger partial charge in [-0.05, 0) is 36.2 Å². The van der Waals surface area contributed by atoms with Crippen molar-refractivity contribution in [2.45, 2.75) is 19.8 Å². The monoisotopic (exact) mass is 404 g/mol. The van der Waals surface area contributed by atoms with Crippen molar-refractivity contribution in [1.82, 2.24) is 19.7 Å². The molecule has 2 aromatic carbocycles. The van der Waals surface area contributed by atoms with Crippen molar-refractivity contribution in [2.75, 3.05) is 12.5 Å². The number of nitrogens with one attached hydrogen (secondary N) is 1. The van der Waals surface area contributed by atoms with Crippen molar-refractivity contribution in [3.05, 3.63) is 71.9 Å². The Labute approximate surface area is 173 Å². The summed E-state index contributed by atoms with van der Waals surface area (Å²) in [5, 5.41) is 9.86. The third-order valence-electron chi connectivity index (χ3n) is 4.58. The van der Waals surface area contributed by atoms with Crippen molar-refractivity contribution >= 4 is 23.1 Å². The molecule has 0 radical (unpaired) electrons. The van der Waals surface area contributed by atoms with Gasteiger partial charge in [-0.1, -0.05) is 31.5 Å². The number of halogens is 1. The van der Waals surface area contributed by atoms with Gasteiger partial charge in [0, 0.05) is 6.07 Å². The molecule has 0 saturated heterocycles. The molecule has 4 aromatic rings. The van der Waals surface area contributed by atoms with E-state index in [1.165, 1.54) is 18.5 Å². The number of hydrogen-bond donors (Lipinski definition) is 1. The molecule has 152 valence electrons. The highest BCUT2D eigenvalue weighted by Crippen LogP contribution is 2.28. The van der Waals surface area contributed by atoms with Crippen molar-refractivity contribution in [3.8, 4) is 11.4 Å². The highest BCUT2D eigenvalue weighted by molar-refractivity contribution is 5.91. The lowest BCUT2D eigenvalue weighted by atomic mass is 10.2. The minimum atomic E-state index is -0.285. The van der Waals surface area contributed by atoms with Gasteiger partial charge in [0.15, 0.2) is 11.5 Å². The Balaban J connectivity index is 1.73. The normalized spacial score (nSPS) is 11.3.